The van der Waals surface area contributed by atoms with Crippen molar-refractivity contribution in [2.24, 2.45) is 0 Å². The van der Waals surface area contributed by atoms with Crippen molar-refractivity contribution < 1.29 is 14.3 Å². The van der Waals surface area contributed by atoms with Crippen molar-refractivity contribution in [3.63, 3.8) is 0 Å². The van der Waals surface area contributed by atoms with Crippen molar-refractivity contribution in [1.82, 2.24) is 15.1 Å². The number of ether oxygens (including phenoxy) is 2. The molecule has 1 aromatic carbocycles. The predicted molar refractivity (Wildman–Crippen MR) is 104 cm³/mol. The van der Waals surface area contributed by atoms with Crippen molar-refractivity contribution in [3.05, 3.63) is 22.7 Å². The maximum atomic E-state index is 12.2. The zero-order valence-electron chi connectivity index (χ0n) is 15.5. The van der Waals surface area contributed by atoms with E-state index < -0.39 is 5.60 Å². The molecule has 0 bridgehead atoms. The monoisotopic (exact) mass is 422 g/mol. The molecule has 0 atom stereocenters. The molecule has 1 amide bonds. The Kier molecular flexibility index (Phi) is 5.22. The highest BCUT2D eigenvalue weighted by molar-refractivity contribution is 9.10. The van der Waals surface area contributed by atoms with Crippen LogP contribution >= 0.6 is 15.9 Å². The Labute approximate surface area is 161 Å². The maximum absolute atomic E-state index is 12.2. The molecule has 0 spiro atoms. The molecule has 3 rings (SSSR count). The number of carbonyl (C=O) groups is 1. The molecule has 0 unspecified atom stereocenters. The molecule has 1 saturated heterocycles. The van der Waals surface area contributed by atoms with Crippen LogP contribution in [0.4, 0.5) is 10.5 Å². The Morgan fingerprint density at radius 3 is 2.46 bits per heavy atom. The first-order valence-corrected chi connectivity index (χ1v) is 9.30. The Hall–Kier alpha value is -2.09. The minimum absolute atomic E-state index is 0.259. The number of aromatic nitrogens is 2. The fourth-order valence-corrected chi connectivity index (χ4v) is 3.32. The molecule has 26 heavy (non-hydrogen) atoms. The molecule has 0 aliphatic carbocycles. The van der Waals surface area contributed by atoms with E-state index in [9.17, 15) is 4.79 Å². The van der Waals surface area contributed by atoms with E-state index in [-0.39, 0.29) is 6.09 Å². The van der Waals surface area contributed by atoms with Gasteiger partial charge in [0.05, 0.1) is 7.11 Å². The summed E-state index contributed by atoms with van der Waals surface area (Å²) < 4.78 is 11.6. The molecular formula is C18H23BrN4O3. The highest BCUT2D eigenvalue weighted by atomic mass is 79.9. The average Bonchev–Trinajstić information content (AvgIpc) is 2.60. The Bertz CT molecular complexity index is 814. The van der Waals surface area contributed by atoms with Crippen molar-refractivity contribution >= 4 is 38.6 Å². The van der Waals surface area contributed by atoms with Gasteiger partial charge in [-0.15, -0.1) is 10.2 Å². The number of rotatable bonds is 2. The summed E-state index contributed by atoms with van der Waals surface area (Å²) in [6.45, 7) is 8.31. The van der Waals surface area contributed by atoms with Gasteiger partial charge in [-0.3, -0.25) is 0 Å². The smallest absolute Gasteiger partial charge is 0.410 e. The third kappa shape index (κ3) is 4.00. The van der Waals surface area contributed by atoms with Crippen LogP contribution in [0.25, 0.3) is 10.9 Å². The van der Waals surface area contributed by atoms with E-state index in [1.165, 1.54) is 0 Å². The first-order valence-electron chi connectivity index (χ1n) is 8.51. The minimum atomic E-state index is -0.481. The fourth-order valence-electron chi connectivity index (χ4n) is 2.90. The van der Waals surface area contributed by atoms with Gasteiger partial charge in [0.1, 0.15) is 11.1 Å². The lowest BCUT2D eigenvalue weighted by Crippen LogP contribution is -2.50. The minimum Gasteiger partial charge on any atom is -0.480 e. The largest absolute Gasteiger partial charge is 0.480 e. The first-order chi connectivity index (χ1) is 12.3. The van der Waals surface area contributed by atoms with Crippen LogP contribution in [-0.4, -0.2) is 60.1 Å². The number of piperazine rings is 1. The third-order valence-electron chi connectivity index (χ3n) is 4.14. The number of halogens is 1. The number of hydrogen-bond acceptors (Lipinski definition) is 6. The normalized spacial score (nSPS) is 15.3. The quantitative estimate of drug-likeness (QED) is 0.737. The average molecular weight is 423 g/mol. The van der Waals surface area contributed by atoms with Gasteiger partial charge in [-0.05, 0) is 48.8 Å². The number of fused-ring (bicyclic) bond motifs is 1. The van der Waals surface area contributed by atoms with Crippen LogP contribution in [0.5, 0.6) is 5.88 Å². The van der Waals surface area contributed by atoms with Gasteiger partial charge < -0.3 is 19.3 Å². The zero-order valence-corrected chi connectivity index (χ0v) is 17.0. The van der Waals surface area contributed by atoms with Crippen molar-refractivity contribution in [1.29, 1.82) is 0 Å². The molecule has 0 N–H and O–H groups in total. The predicted octanol–water partition coefficient (Wildman–Crippen LogP) is 3.46. The number of carbonyl (C=O) groups excluding carboxylic acids is 1. The van der Waals surface area contributed by atoms with E-state index in [2.05, 4.69) is 37.1 Å². The Morgan fingerprint density at radius 1 is 1.15 bits per heavy atom. The molecule has 1 aliphatic rings. The molecule has 7 nitrogen and oxygen atoms in total. The maximum Gasteiger partial charge on any atom is 0.410 e. The molecule has 140 valence electrons. The van der Waals surface area contributed by atoms with Gasteiger partial charge >= 0.3 is 6.09 Å². The molecule has 0 saturated carbocycles. The topological polar surface area (TPSA) is 67.8 Å². The molecule has 1 aromatic heterocycles. The van der Waals surface area contributed by atoms with Crippen LogP contribution < -0.4 is 9.64 Å². The van der Waals surface area contributed by atoms with Crippen LogP contribution in [0, 0.1) is 0 Å². The first kappa shape index (κ1) is 18.7. The van der Waals surface area contributed by atoms with Crippen LogP contribution in [0.2, 0.25) is 0 Å². The standard InChI is InChI=1S/C18H23BrN4O3/c1-18(2,3)26-17(24)23-9-7-22(8-10-23)14-6-5-13(19)16-12(14)11-15(25-4)20-21-16/h5-6,11H,7-10H2,1-4H3. The number of methoxy groups -OCH3 is 1. The van der Waals surface area contributed by atoms with Crippen LogP contribution in [0.1, 0.15) is 20.8 Å². The van der Waals surface area contributed by atoms with Crippen molar-refractivity contribution in [2.45, 2.75) is 26.4 Å². The molecule has 8 heteroatoms. The SMILES string of the molecule is COc1cc2c(N3CCN(C(=O)OC(C)(C)C)CC3)ccc(Br)c2nn1. The zero-order chi connectivity index (χ0) is 18.9. The van der Waals surface area contributed by atoms with E-state index >= 15 is 0 Å². The summed E-state index contributed by atoms with van der Waals surface area (Å²) in [7, 11) is 1.58. The van der Waals surface area contributed by atoms with Crippen molar-refractivity contribution in [3.8, 4) is 5.88 Å². The van der Waals surface area contributed by atoms with Crippen LogP contribution in [0.3, 0.4) is 0 Å². The Morgan fingerprint density at radius 2 is 1.85 bits per heavy atom. The second kappa shape index (κ2) is 7.26. The molecule has 0 radical (unpaired) electrons. The molecule has 1 aliphatic heterocycles. The number of nitrogens with zero attached hydrogens (tertiary/aromatic N) is 4. The van der Waals surface area contributed by atoms with Gasteiger partial charge in [0.15, 0.2) is 0 Å². The number of anilines is 1. The van der Waals surface area contributed by atoms with Crippen molar-refractivity contribution in [2.75, 3.05) is 38.2 Å². The summed E-state index contributed by atoms with van der Waals surface area (Å²) in [5.74, 6) is 0.476. The lowest BCUT2D eigenvalue weighted by Gasteiger charge is -2.37. The van der Waals surface area contributed by atoms with E-state index in [0.717, 1.165) is 34.2 Å². The highest BCUT2D eigenvalue weighted by Gasteiger charge is 2.26. The van der Waals surface area contributed by atoms with Gasteiger partial charge in [-0.25, -0.2) is 4.79 Å². The Balaban J connectivity index is 1.79. The van der Waals surface area contributed by atoms with Gasteiger partial charge in [0.25, 0.3) is 0 Å². The molecular weight excluding hydrogens is 400 g/mol. The van der Waals surface area contributed by atoms with E-state index in [1.807, 2.05) is 32.9 Å². The summed E-state index contributed by atoms with van der Waals surface area (Å²) in [5, 5.41) is 9.28. The van der Waals surface area contributed by atoms with Gasteiger partial charge in [-0.2, -0.15) is 0 Å². The third-order valence-corrected chi connectivity index (χ3v) is 4.78. The number of amides is 1. The van der Waals surface area contributed by atoms with Gasteiger partial charge in [0.2, 0.25) is 5.88 Å². The van der Waals surface area contributed by atoms with Crippen LogP contribution in [0.15, 0.2) is 22.7 Å². The summed E-state index contributed by atoms with van der Waals surface area (Å²) in [4.78, 5) is 16.2. The van der Waals surface area contributed by atoms with E-state index in [4.69, 9.17) is 9.47 Å². The second-order valence-electron chi connectivity index (χ2n) is 7.17. The summed E-state index contributed by atoms with van der Waals surface area (Å²) in [6, 6.07) is 5.92. The highest BCUT2D eigenvalue weighted by Crippen LogP contribution is 2.33. The summed E-state index contributed by atoms with van der Waals surface area (Å²) in [5.41, 5.74) is 1.36. The van der Waals surface area contributed by atoms with E-state index in [1.54, 1.807) is 12.0 Å². The summed E-state index contributed by atoms with van der Waals surface area (Å²) >= 11 is 3.53. The summed E-state index contributed by atoms with van der Waals surface area (Å²) in [6.07, 6.45) is -0.259. The molecule has 1 fully saturated rings. The van der Waals surface area contributed by atoms with E-state index in [0.29, 0.717) is 19.0 Å². The fraction of sp³-hybridized carbons (Fsp3) is 0.500. The lowest BCUT2D eigenvalue weighted by atomic mass is 10.1. The molecule has 2 heterocycles. The lowest BCUT2D eigenvalue weighted by molar-refractivity contribution is 0.0240. The van der Waals surface area contributed by atoms with Gasteiger partial charge in [0, 0.05) is 47.8 Å². The van der Waals surface area contributed by atoms with Gasteiger partial charge in [-0.1, -0.05) is 0 Å². The number of benzene rings is 1. The number of hydrogen-bond donors (Lipinski definition) is 0. The second-order valence-corrected chi connectivity index (χ2v) is 8.02. The molecule has 2 aromatic rings. The van der Waals surface area contributed by atoms with Crippen LogP contribution in [-0.2, 0) is 4.74 Å².